The molecule has 2 N–H and O–H groups in total. The average Bonchev–Trinajstić information content (AvgIpc) is 2.60. The van der Waals surface area contributed by atoms with E-state index in [4.69, 9.17) is 16.7 Å². The number of aromatic nitrogens is 1. The van der Waals surface area contributed by atoms with Crippen molar-refractivity contribution in [1.82, 2.24) is 4.98 Å². The van der Waals surface area contributed by atoms with E-state index in [1.165, 1.54) is 18.2 Å². The minimum Gasteiger partial charge on any atom is -0.477 e. The lowest BCUT2D eigenvalue weighted by molar-refractivity contribution is -0.382. The molecular formula is C9H5ClN2O4. The lowest BCUT2D eigenvalue weighted by Crippen LogP contribution is -1.94. The van der Waals surface area contributed by atoms with Crippen molar-refractivity contribution in [1.29, 1.82) is 0 Å². The molecule has 6 nitrogen and oxygen atoms in total. The van der Waals surface area contributed by atoms with Crippen molar-refractivity contribution >= 4 is 34.2 Å². The zero-order chi connectivity index (χ0) is 11.9. The Hall–Kier alpha value is -2.08. The van der Waals surface area contributed by atoms with Crippen molar-refractivity contribution in [2.75, 3.05) is 0 Å². The van der Waals surface area contributed by atoms with Crippen molar-refractivity contribution in [3.05, 3.63) is 39.0 Å². The van der Waals surface area contributed by atoms with Crippen molar-refractivity contribution in [3.8, 4) is 0 Å². The molecule has 0 fully saturated rings. The number of hydrogen-bond acceptors (Lipinski definition) is 3. The topological polar surface area (TPSA) is 96.2 Å². The molecule has 2 rings (SSSR count). The number of carboxylic acids is 1. The van der Waals surface area contributed by atoms with Gasteiger partial charge < -0.3 is 10.1 Å². The highest BCUT2D eigenvalue weighted by Gasteiger charge is 2.20. The average molecular weight is 241 g/mol. The van der Waals surface area contributed by atoms with Crippen LogP contribution in [0.1, 0.15) is 10.5 Å². The fourth-order valence-corrected chi connectivity index (χ4v) is 1.70. The molecule has 1 aromatic carbocycles. The minimum absolute atomic E-state index is 0.0200. The molecule has 2 aromatic rings. The predicted octanol–water partition coefficient (Wildman–Crippen LogP) is 2.43. The first-order valence-electron chi connectivity index (χ1n) is 4.19. The molecule has 0 unspecified atom stereocenters. The third-order valence-electron chi connectivity index (χ3n) is 2.14. The number of nitro groups is 1. The van der Waals surface area contributed by atoms with Crippen LogP contribution in [0.4, 0.5) is 5.69 Å². The first-order valence-corrected chi connectivity index (χ1v) is 4.57. The summed E-state index contributed by atoms with van der Waals surface area (Å²) in [6.07, 6.45) is 0. The maximum Gasteiger partial charge on any atom is 0.352 e. The van der Waals surface area contributed by atoms with Gasteiger partial charge in [-0.2, -0.15) is 0 Å². The van der Waals surface area contributed by atoms with Gasteiger partial charge in [-0.25, -0.2) is 4.79 Å². The highest BCUT2D eigenvalue weighted by molar-refractivity contribution is 6.34. The summed E-state index contributed by atoms with van der Waals surface area (Å²) in [6, 6.07) is 4.04. The number of nitrogens with one attached hydrogen (secondary N) is 1. The molecule has 0 amide bonds. The fourth-order valence-electron chi connectivity index (χ4n) is 1.46. The summed E-state index contributed by atoms with van der Waals surface area (Å²) >= 11 is 5.68. The van der Waals surface area contributed by atoms with E-state index in [1.54, 1.807) is 0 Å². The molecular weight excluding hydrogens is 236 g/mol. The molecule has 1 aromatic heterocycles. The highest BCUT2D eigenvalue weighted by atomic mass is 35.5. The predicted molar refractivity (Wildman–Crippen MR) is 56.9 cm³/mol. The second-order valence-electron chi connectivity index (χ2n) is 3.10. The standard InChI is InChI=1S/C9H5ClN2O4/c10-5-1-2-6-4(8(5)12(15)16)3-7(11-6)9(13)14/h1-3,11H,(H,13,14). The van der Waals surface area contributed by atoms with Gasteiger partial charge in [0.05, 0.1) is 15.8 Å². The van der Waals surface area contributed by atoms with Crippen LogP contribution in [0.15, 0.2) is 18.2 Å². The lowest BCUT2D eigenvalue weighted by Gasteiger charge is -1.95. The summed E-state index contributed by atoms with van der Waals surface area (Å²) in [5.41, 5.74) is -0.0308. The number of halogens is 1. The monoisotopic (exact) mass is 240 g/mol. The number of H-pyrrole nitrogens is 1. The Labute approximate surface area is 93.6 Å². The lowest BCUT2D eigenvalue weighted by atomic mass is 10.2. The molecule has 0 saturated heterocycles. The van der Waals surface area contributed by atoms with E-state index in [-0.39, 0.29) is 21.8 Å². The molecule has 0 atom stereocenters. The number of nitrogens with zero attached hydrogens (tertiary/aromatic N) is 1. The van der Waals surface area contributed by atoms with Crippen molar-refractivity contribution in [2.24, 2.45) is 0 Å². The zero-order valence-corrected chi connectivity index (χ0v) is 8.49. The third kappa shape index (κ3) is 1.49. The third-order valence-corrected chi connectivity index (χ3v) is 2.44. The summed E-state index contributed by atoms with van der Waals surface area (Å²) in [5, 5.41) is 19.7. The second kappa shape index (κ2) is 3.49. The minimum atomic E-state index is -1.18. The van der Waals surface area contributed by atoms with E-state index in [1.807, 2.05) is 0 Å². The molecule has 0 saturated carbocycles. The number of aromatic amines is 1. The van der Waals surface area contributed by atoms with Crippen LogP contribution in [0.25, 0.3) is 10.9 Å². The number of benzene rings is 1. The highest BCUT2D eigenvalue weighted by Crippen LogP contribution is 2.33. The normalized spacial score (nSPS) is 10.6. The van der Waals surface area contributed by atoms with Gasteiger partial charge in [0.25, 0.3) is 5.69 Å². The second-order valence-corrected chi connectivity index (χ2v) is 3.51. The molecule has 0 bridgehead atoms. The van der Waals surface area contributed by atoms with Gasteiger partial charge in [0.15, 0.2) is 0 Å². The molecule has 16 heavy (non-hydrogen) atoms. The molecule has 0 aliphatic rings. The maximum atomic E-state index is 10.8. The van der Waals surface area contributed by atoms with E-state index in [0.29, 0.717) is 5.52 Å². The molecule has 7 heteroatoms. The van der Waals surface area contributed by atoms with Crippen LogP contribution in [0.5, 0.6) is 0 Å². The Morgan fingerprint density at radius 2 is 2.19 bits per heavy atom. The maximum absolute atomic E-state index is 10.8. The van der Waals surface area contributed by atoms with Crippen molar-refractivity contribution in [2.45, 2.75) is 0 Å². The Balaban J connectivity index is 2.82. The molecule has 0 radical (unpaired) electrons. The van der Waals surface area contributed by atoms with Gasteiger partial charge in [-0.05, 0) is 18.2 Å². The smallest absolute Gasteiger partial charge is 0.352 e. The Bertz CT molecular complexity index is 605. The van der Waals surface area contributed by atoms with Crippen LogP contribution in [0.2, 0.25) is 5.02 Å². The molecule has 1 heterocycles. The van der Waals surface area contributed by atoms with Crippen molar-refractivity contribution < 1.29 is 14.8 Å². The summed E-state index contributed by atoms with van der Waals surface area (Å²) in [4.78, 5) is 23.4. The van der Waals surface area contributed by atoms with Crippen LogP contribution >= 0.6 is 11.6 Å². The number of carbonyl (C=O) groups is 1. The Morgan fingerprint density at radius 1 is 1.50 bits per heavy atom. The quantitative estimate of drug-likeness (QED) is 0.622. The summed E-state index contributed by atoms with van der Waals surface area (Å²) in [6.45, 7) is 0. The van der Waals surface area contributed by atoms with E-state index in [9.17, 15) is 14.9 Å². The van der Waals surface area contributed by atoms with Crippen LogP contribution < -0.4 is 0 Å². The number of nitro benzene ring substituents is 1. The van der Waals surface area contributed by atoms with E-state index >= 15 is 0 Å². The SMILES string of the molecule is O=C(O)c1cc2c([N+](=O)[O-])c(Cl)ccc2[nH]1. The fraction of sp³-hybridized carbons (Fsp3) is 0. The number of rotatable bonds is 2. The number of carboxylic acid groups (broad SMARTS) is 1. The Kier molecular flexibility index (Phi) is 2.28. The van der Waals surface area contributed by atoms with E-state index in [2.05, 4.69) is 4.98 Å². The number of fused-ring (bicyclic) bond motifs is 1. The molecule has 0 aliphatic carbocycles. The largest absolute Gasteiger partial charge is 0.477 e. The van der Waals surface area contributed by atoms with Gasteiger partial charge in [0.2, 0.25) is 0 Å². The van der Waals surface area contributed by atoms with Gasteiger partial charge in [0, 0.05) is 0 Å². The Morgan fingerprint density at radius 3 is 2.75 bits per heavy atom. The van der Waals surface area contributed by atoms with Crippen LogP contribution in [0.3, 0.4) is 0 Å². The molecule has 0 aliphatic heterocycles. The van der Waals surface area contributed by atoms with E-state index < -0.39 is 10.9 Å². The van der Waals surface area contributed by atoms with Crippen LogP contribution in [0, 0.1) is 10.1 Å². The van der Waals surface area contributed by atoms with Gasteiger partial charge in [0.1, 0.15) is 10.7 Å². The summed E-state index contributed by atoms with van der Waals surface area (Å²) in [5.74, 6) is -1.18. The van der Waals surface area contributed by atoms with Gasteiger partial charge >= 0.3 is 5.97 Å². The zero-order valence-electron chi connectivity index (χ0n) is 7.73. The summed E-state index contributed by atoms with van der Waals surface area (Å²) in [7, 11) is 0. The first-order chi connectivity index (χ1) is 7.50. The van der Waals surface area contributed by atoms with Crippen LogP contribution in [-0.4, -0.2) is 21.0 Å². The first kappa shape index (κ1) is 10.4. The molecule has 82 valence electrons. The summed E-state index contributed by atoms with van der Waals surface area (Å²) < 4.78 is 0. The number of hydrogen-bond donors (Lipinski definition) is 2. The van der Waals surface area contributed by atoms with Crippen LogP contribution in [-0.2, 0) is 0 Å². The number of aromatic carboxylic acids is 1. The van der Waals surface area contributed by atoms with Crippen molar-refractivity contribution in [3.63, 3.8) is 0 Å². The van der Waals surface area contributed by atoms with Gasteiger partial charge in [-0.15, -0.1) is 0 Å². The van der Waals surface area contributed by atoms with E-state index in [0.717, 1.165) is 0 Å². The van der Waals surface area contributed by atoms with Gasteiger partial charge in [-0.1, -0.05) is 11.6 Å². The van der Waals surface area contributed by atoms with Gasteiger partial charge in [-0.3, -0.25) is 10.1 Å². The molecule has 0 spiro atoms.